The van der Waals surface area contributed by atoms with E-state index in [-0.39, 0.29) is 5.60 Å². The molecule has 0 N–H and O–H groups in total. The molecule has 0 amide bonds. The lowest BCUT2D eigenvalue weighted by molar-refractivity contribution is 0.0516. The van der Waals surface area contributed by atoms with Crippen LogP contribution in [-0.4, -0.2) is 11.3 Å². The number of hydrogen-bond acceptors (Lipinski definition) is 2. The van der Waals surface area contributed by atoms with Gasteiger partial charge in [-0.1, -0.05) is 133 Å². The SMILES string of the molecule is Cc1cc(N=C(c2ccccc2)c2ccccc2)cc2c1O[C@](C)(CCC[C@H](C)CCC[C@H](C)CCCC(C)C)CC2. The standard InChI is InChI=1S/C40H55NO/c1-30(2)16-13-17-31(3)18-14-19-32(4)20-15-26-40(6)27-25-36-29-37(28-33(5)39(36)42-40)41-38(34-21-9-7-10-22-34)35-23-11-8-12-24-35/h7-12,21-24,28-32H,13-20,25-27H2,1-6H3/t31-,32-,40-/m1/s1. The van der Waals surface area contributed by atoms with Gasteiger partial charge in [-0.05, 0) is 80.5 Å². The van der Waals surface area contributed by atoms with Gasteiger partial charge in [0.15, 0.2) is 0 Å². The van der Waals surface area contributed by atoms with Crippen LogP contribution in [0.5, 0.6) is 5.75 Å². The van der Waals surface area contributed by atoms with Gasteiger partial charge in [0, 0.05) is 11.1 Å². The molecular formula is C40H55NO. The zero-order valence-corrected chi connectivity index (χ0v) is 27.3. The summed E-state index contributed by atoms with van der Waals surface area (Å²) in [6.07, 6.45) is 14.1. The van der Waals surface area contributed by atoms with E-state index >= 15 is 0 Å². The van der Waals surface area contributed by atoms with Crippen molar-refractivity contribution in [3.05, 3.63) is 95.1 Å². The lowest BCUT2D eigenvalue weighted by Crippen LogP contribution is -2.36. The van der Waals surface area contributed by atoms with E-state index in [2.05, 4.69) is 114 Å². The van der Waals surface area contributed by atoms with E-state index in [1.165, 1.54) is 62.5 Å². The summed E-state index contributed by atoms with van der Waals surface area (Å²) in [4.78, 5) is 5.19. The van der Waals surface area contributed by atoms with E-state index < -0.39 is 0 Å². The average molecular weight is 566 g/mol. The molecular weight excluding hydrogens is 510 g/mol. The highest BCUT2D eigenvalue weighted by molar-refractivity contribution is 6.13. The van der Waals surface area contributed by atoms with Gasteiger partial charge < -0.3 is 4.74 Å². The lowest BCUT2D eigenvalue weighted by Gasteiger charge is -2.37. The molecule has 3 atom stereocenters. The molecule has 0 unspecified atom stereocenters. The van der Waals surface area contributed by atoms with Crippen molar-refractivity contribution in [1.82, 2.24) is 0 Å². The molecule has 3 aromatic carbocycles. The number of benzene rings is 3. The van der Waals surface area contributed by atoms with Crippen molar-refractivity contribution in [2.45, 2.75) is 118 Å². The van der Waals surface area contributed by atoms with E-state index in [0.717, 1.165) is 65.3 Å². The summed E-state index contributed by atoms with van der Waals surface area (Å²) < 4.78 is 6.78. The van der Waals surface area contributed by atoms with E-state index in [0.29, 0.717) is 0 Å². The Morgan fingerprint density at radius 2 is 1.31 bits per heavy atom. The fourth-order valence-electron chi connectivity index (χ4n) is 6.51. The third kappa shape index (κ3) is 9.58. The number of nitrogens with zero attached hydrogens (tertiary/aromatic N) is 1. The smallest absolute Gasteiger partial charge is 0.126 e. The van der Waals surface area contributed by atoms with Crippen molar-refractivity contribution in [3.63, 3.8) is 0 Å². The number of ether oxygens (including phenoxy) is 1. The van der Waals surface area contributed by atoms with Crippen LogP contribution in [0.25, 0.3) is 0 Å². The van der Waals surface area contributed by atoms with Crippen molar-refractivity contribution in [2.24, 2.45) is 22.7 Å². The Hall–Kier alpha value is -2.87. The van der Waals surface area contributed by atoms with Crippen molar-refractivity contribution in [1.29, 1.82) is 0 Å². The first-order valence-corrected chi connectivity index (χ1v) is 16.7. The molecule has 1 aliphatic heterocycles. The highest BCUT2D eigenvalue weighted by atomic mass is 16.5. The van der Waals surface area contributed by atoms with Gasteiger partial charge >= 0.3 is 0 Å². The van der Waals surface area contributed by atoms with Crippen LogP contribution in [0.1, 0.15) is 121 Å². The van der Waals surface area contributed by atoms with Gasteiger partial charge in [-0.2, -0.15) is 0 Å². The normalized spacial score (nSPS) is 17.8. The molecule has 0 saturated heterocycles. The molecule has 0 saturated carbocycles. The minimum Gasteiger partial charge on any atom is -0.487 e. The highest BCUT2D eigenvalue weighted by Gasteiger charge is 2.32. The van der Waals surface area contributed by atoms with E-state index in [1.807, 2.05) is 0 Å². The third-order valence-corrected chi connectivity index (χ3v) is 9.22. The molecule has 0 bridgehead atoms. The number of fused-ring (bicyclic) bond motifs is 1. The van der Waals surface area contributed by atoms with Crippen LogP contribution in [0.4, 0.5) is 5.69 Å². The Bertz CT molecular complexity index is 1220. The Kier molecular flexibility index (Phi) is 11.9. The highest BCUT2D eigenvalue weighted by Crippen LogP contribution is 2.41. The monoisotopic (exact) mass is 565 g/mol. The summed E-state index contributed by atoms with van der Waals surface area (Å²) in [5.74, 6) is 3.61. The lowest BCUT2D eigenvalue weighted by atomic mass is 9.85. The van der Waals surface area contributed by atoms with Crippen LogP contribution >= 0.6 is 0 Å². The number of rotatable bonds is 15. The van der Waals surface area contributed by atoms with Crippen LogP contribution in [0.15, 0.2) is 77.8 Å². The maximum atomic E-state index is 6.78. The molecule has 1 aliphatic rings. The average Bonchev–Trinajstić information content (AvgIpc) is 2.97. The Labute approximate surface area is 257 Å². The van der Waals surface area contributed by atoms with Gasteiger partial charge in [-0.15, -0.1) is 0 Å². The molecule has 2 nitrogen and oxygen atoms in total. The first-order valence-electron chi connectivity index (χ1n) is 16.7. The van der Waals surface area contributed by atoms with Gasteiger partial charge in [0.25, 0.3) is 0 Å². The zero-order chi connectivity index (χ0) is 30.0. The number of aliphatic imine (C=N–C) groups is 1. The predicted octanol–water partition coefficient (Wildman–Crippen LogP) is 11.7. The van der Waals surface area contributed by atoms with Gasteiger partial charge in [0.1, 0.15) is 11.4 Å². The van der Waals surface area contributed by atoms with Crippen LogP contribution in [0.2, 0.25) is 0 Å². The third-order valence-electron chi connectivity index (χ3n) is 9.22. The number of aryl methyl sites for hydroxylation is 2. The molecule has 0 aliphatic carbocycles. The Morgan fingerprint density at radius 3 is 1.88 bits per heavy atom. The summed E-state index contributed by atoms with van der Waals surface area (Å²) in [6.45, 7) is 14.1. The molecule has 4 rings (SSSR count). The zero-order valence-electron chi connectivity index (χ0n) is 27.3. The van der Waals surface area contributed by atoms with Crippen LogP contribution in [0.3, 0.4) is 0 Å². The molecule has 3 aromatic rings. The minimum atomic E-state index is -0.0770. The fraction of sp³-hybridized carbons (Fsp3) is 0.525. The van der Waals surface area contributed by atoms with E-state index in [1.54, 1.807) is 0 Å². The summed E-state index contributed by atoms with van der Waals surface area (Å²) in [7, 11) is 0. The van der Waals surface area contributed by atoms with Gasteiger partial charge in [-0.3, -0.25) is 0 Å². The Morgan fingerprint density at radius 1 is 0.762 bits per heavy atom. The summed E-state index contributed by atoms with van der Waals surface area (Å²) in [6, 6.07) is 25.4. The fourth-order valence-corrected chi connectivity index (χ4v) is 6.51. The maximum Gasteiger partial charge on any atom is 0.126 e. The van der Waals surface area contributed by atoms with Crippen LogP contribution < -0.4 is 4.74 Å². The maximum absolute atomic E-state index is 6.78. The molecule has 0 spiro atoms. The van der Waals surface area contributed by atoms with Crippen molar-refractivity contribution in [2.75, 3.05) is 0 Å². The first-order chi connectivity index (χ1) is 20.2. The van der Waals surface area contributed by atoms with Gasteiger partial charge in [0.05, 0.1) is 11.4 Å². The van der Waals surface area contributed by atoms with Gasteiger partial charge in [0.2, 0.25) is 0 Å². The van der Waals surface area contributed by atoms with E-state index in [4.69, 9.17) is 9.73 Å². The molecule has 0 aromatic heterocycles. The number of hydrogen-bond donors (Lipinski definition) is 0. The molecule has 42 heavy (non-hydrogen) atoms. The summed E-state index contributed by atoms with van der Waals surface area (Å²) >= 11 is 0. The largest absolute Gasteiger partial charge is 0.487 e. The van der Waals surface area contributed by atoms with E-state index in [9.17, 15) is 0 Å². The molecule has 226 valence electrons. The van der Waals surface area contributed by atoms with Crippen LogP contribution in [-0.2, 0) is 6.42 Å². The van der Waals surface area contributed by atoms with Crippen molar-refractivity contribution in [3.8, 4) is 5.75 Å². The van der Waals surface area contributed by atoms with Crippen LogP contribution in [0, 0.1) is 24.7 Å². The molecule has 1 heterocycles. The van der Waals surface area contributed by atoms with Crippen molar-refractivity contribution < 1.29 is 4.74 Å². The van der Waals surface area contributed by atoms with Crippen molar-refractivity contribution >= 4 is 11.4 Å². The molecule has 0 fully saturated rings. The minimum absolute atomic E-state index is 0.0770. The molecule has 2 heteroatoms. The Balaban J connectivity index is 1.32. The second kappa shape index (κ2) is 15.6. The predicted molar refractivity (Wildman–Crippen MR) is 181 cm³/mol. The first kappa shape index (κ1) is 32.1. The van der Waals surface area contributed by atoms with Gasteiger partial charge in [-0.25, -0.2) is 4.99 Å². The second-order valence-corrected chi connectivity index (χ2v) is 13.9. The topological polar surface area (TPSA) is 21.6 Å². The quantitative estimate of drug-likeness (QED) is 0.168. The molecule has 0 radical (unpaired) electrons. The summed E-state index contributed by atoms with van der Waals surface area (Å²) in [5, 5.41) is 0. The second-order valence-electron chi connectivity index (χ2n) is 13.9. The summed E-state index contributed by atoms with van der Waals surface area (Å²) in [5.41, 5.74) is 6.68.